The van der Waals surface area contributed by atoms with Crippen molar-refractivity contribution in [1.82, 2.24) is 0 Å². The number of carbonyl (C=O) groups excluding carboxylic acids is 2. The number of unbranched alkanes of at least 4 members (excludes halogenated alkanes) is 10. The van der Waals surface area contributed by atoms with Crippen molar-refractivity contribution >= 4 is 81.5 Å². The fourth-order valence-electron chi connectivity index (χ4n) is 4.87. The summed E-state index contributed by atoms with van der Waals surface area (Å²) in [5.41, 5.74) is 0. The van der Waals surface area contributed by atoms with E-state index in [1.807, 2.05) is 0 Å². The molecule has 2 aliphatic rings. The maximum absolute atomic E-state index is 13.2. The highest BCUT2D eigenvalue weighted by molar-refractivity contribution is 6.66. The van der Waals surface area contributed by atoms with Gasteiger partial charge in [-0.3, -0.25) is 9.59 Å². The fraction of sp³-hybridized carbons (Fsp3) is 0.840. The van der Waals surface area contributed by atoms with Crippen molar-refractivity contribution in [3.05, 3.63) is 10.1 Å². The van der Waals surface area contributed by atoms with E-state index in [-0.39, 0.29) is 23.3 Å². The van der Waals surface area contributed by atoms with E-state index in [2.05, 4.69) is 13.8 Å². The van der Waals surface area contributed by atoms with Crippen LogP contribution >= 0.6 is 69.6 Å². The average Bonchev–Trinajstić information content (AvgIpc) is 3.03. The van der Waals surface area contributed by atoms with E-state index in [4.69, 9.17) is 79.1 Å². The highest BCUT2D eigenvalue weighted by Gasteiger charge is 2.86. The number of fused-ring (bicyclic) bond motifs is 2. The Hall–Kier alpha value is 0.420. The summed E-state index contributed by atoms with van der Waals surface area (Å²) < 4.78 is 8.97. The molecule has 0 aromatic heterocycles. The number of ether oxygens (including phenoxy) is 2. The molecule has 0 spiro atoms. The molecule has 4 unspecified atom stereocenters. The summed E-state index contributed by atoms with van der Waals surface area (Å²) in [6, 6.07) is 0. The first-order valence-corrected chi connectivity index (χ1v) is 14.9. The molecule has 10 heteroatoms. The first-order chi connectivity index (χ1) is 16.5. The van der Waals surface area contributed by atoms with Crippen molar-refractivity contribution in [3.63, 3.8) is 0 Å². The summed E-state index contributed by atoms with van der Waals surface area (Å²) in [5, 5.41) is -0.301. The Kier molecular flexibility index (Phi) is 12.6. The van der Waals surface area contributed by atoms with Gasteiger partial charge in [0, 0.05) is 0 Å². The smallest absolute Gasteiger partial charge is 0.312 e. The van der Waals surface area contributed by atoms with Gasteiger partial charge < -0.3 is 9.47 Å². The minimum absolute atomic E-state index is 0.151. The van der Waals surface area contributed by atoms with Gasteiger partial charge in [-0.2, -0.15) is 0 Å². The highest BCUT2D eigenvalue weighted by Crippen LogP contribution is 2.76. The Bertz CT molecular complexity index is 713. The largest absolute Gasteiger partial charge is 0.465 e. The predicted octanol–water partition coefficient (Wildman–Crippen LogP) is 8.87. The Labute approximate surface area is 239 Å². The summed E-state index contributed by atoms with van der Waals surface area (Å²) in [6.45, 7) is 4.65. The van der Waals surface area contributed by atoms with Crippen molar-refractivity contribution in [2.24, 2.45) is 11.8 Å². The molecular formula is C25H36Cl6O4. The molecule has 0 radical (unpaired) electrons. The Balaban J connectivity index is 2.10. The molecule has 2 rings (SSSR count). The van der Waals surface area contributed by atoms with Gasteiger partial charge in [0.25, 0.3) is 0 Å². The van der Waals surface area contributed by atoms with Gasteiger partial charge in [-0.25, -0.2) is 0 Å². The van der Waals surface area contributed by atoms with Gasteiger partial charge in [0.2, 0.25) is 0 Å². The van der Waals surface area contributed by atoms with Crippen molar-refractivity contribution in [2.45, 2.75) is 105 Å². The Morgan fingerprint density at radius 1 is 0.629 bits per heavy atom. The lowest BCUT2D eigenvalue weighted by molar-refractivity contribution is -0.161. The van der Waals surface area contributed by atoms with E-state index in [0.717, 1.165) is 51.4 Å². The lowest BCUT2D eigenvalue weighted by Gasteiger charge is -2.33. The van der Waals surface area contributed by atoms with Gasteiger partial charge in [0.05, 0.1) is 35.1 Å². The van der Waals surface area contributed by atoms with E-state index < -0.39 is 37.9 Å². The molecule has 1 saturated carbocycles. The fourth-order valence-corrected chi connectivity index (χ4v) is 7.79. The molecule has 2 bridgehead atoms. The second-order valence-corrected chi connectivity index (χ2v) is 12.7. The van der Waals surface area contributed by atoms with Crippen LogP contribution in [0.3, 0.4) is 0 Å². The van der Waals surface area contributed by atoms with Crippen LogP contribution in [-0.4, -0.2) is 39.2 Å². The maximum atomic E-state index is 13.2. The summed E-state index contributed by atoms with van der Waals surface area (Å²) >= 11 is 39.7. The van der Waals surface area contributed by atoms with Crippen molar-refractivity contribution in [1.29, 1.82) is 0 Å². The standard InChI is InChI=1S/C25H36Cl6O4/c1-3-5-7-9-11-13-15-34-21(32)17-18(22(33)35-16-14-12-10-8-6-4-2)24(29)20(27)19(26)23(17,28)25(24,30)31/h17-18H,3-16H2,1-2H3. The number of hydrogen-bond donors (Lipinski definition) is 0. The van der Waals surface area contributed by atoms with Crippen molar-refractivity contribution in [2.75, 3.05) is 13.2 Å². The lowest BCUT2D eigenvalue weighted by Crippen LogP contribution is -2.46. The van der Waals surface area contributed by atoms with Crippen LogP contribution in [0.1, 0.15) is 90.9 Å². The third-order valence-corrected chi connectivity index (χ3v) is 11.2. The zero-order valence-electron chi connectivity index (χ0n) is 20.5. The van der Waals surface area contributed by atoms with Crippen LogP contribution in [0.5, 0.6) is 0 Å². The van der Waals surface area contributed by atoms with Gasteiger partial charge >= 0.3 is 11.9 Å². The molecule has 0 saturated heterocycles. The molecule has 2 aliphatic carbocycles. The molecule has 0 aromatic carbocycles. The van der Waals surface area contributed by atoms with Crippen LogP contribution < -0.4 is 0 Å². The van der Waals surface area contributed by atoms with Crippen molar-refractivity contribution < 1.29 is 19.1 Å². The molecule has 0 aliphatic heterocycles. The highest BCUT2D eigenvalue weighted by atomic mass is 35.5. The Morgan fingerprint density at radius 2 is 0.943 bits per heavy atom. The van der Waals surface area contributed by atoms with Crippen LogP contribution in [-0.2, 0) is 19.1 Å². The summed E-state index contributed by atoms with van der Waals surface area (Å²) in [5.74, 6) is -4.18. The van der Waals surface area contributed by atoms with Crippen LogP contribution in [0.2, 0.25) is 0 Å². The molecule has 0 N–H and O–H groups in total. The quantitative estimate of drug-likeness (QED) is 0.0992. The van der Waals surface area contributed by atoms with Crippen LogP contribution in [0.15, 0.2) is 10.1 Å². The van der Waals surface area contributed by atoms with E-state index in [9.17, 15) is 9.59 Å². The summed E-state index contributed by atoms with van der Waals surface area (Å²) in [4.78, 5) is 22.6. The van der Waals surface area contributed by atoms with Crippen molar-refractivity contribution in [3.8, 4) is 0 Å². The SMILES string of the molecule is CCCCCCCCOC(=O)C1C(C(=O)OCCCCCCCC)C2(Cl)C(Cl)=C(Cl)C1(Cl)C2(Cl)Cl. The molecular weight excluding hydrogens is 577 g/mol. The van der Waals surface area contributed by atoms with Crippen LogP contribution in [0.4, 0.5) is 0 Å². The second kappa shape index (κ2) is 14.0. The predicted molar refractivity (Wildman–Crippen MR) is 146 cm³/mol. The molecule has 0 aromatic rings. The normalized spacial score (nSPS) is 29.0. The molecule has 4 atom stereocenters. The maximum Gasteiger partial charge on any atom is 0.312 e. The second-order valence-electron chi connectivity index (χ2n) is 9.45. The number of esters is 2. The molecule has 0 amide bonds. The van der Waals surface area contributed by atoms with Crippen LogP contribution in [0, 0.1) is 11.8 Å². The lowest BCUT2D eigenvalue weighted by atomic mass is 9.82. The van der Waals surface area contributed by atoms with E-state index in [0.29, 0.717) is 12.8 Å². The average molecular weight is 613 g/mol. The molecule has 0 heterocycles. The Morgan fingerprint density at radius 3 is 1.29 bits per heavy atom. The third-order valence-electron chi connectivity index (χ3n) is 6.93. The van der Waals surface area contributed by atoms with E-state index in [1.54, 1.807) is 0 Å². The molecule has 35 heavy (non-hydrogen) atoms. The molecule has 202 valence electrons. The zero-order valence-corrected chi connectivity index (χ0v) is 25.0. The van der Waals surface area contributed by atoms with Gasteiger partial charge in [0.1, 0.15) is 9.75 Å². The minimum Gasteiger partial charge on any atom is -0.465 e. The minimum atomic E-state index is -2.04. The first kappa shape index (κ1) is 31.6. The molecule has 1 fully saturated rings. The third kappa shape index (κ3) is 6.19. The number of halogens is 6. The number of rotatable bonds is 16. The van der Waals surface area contributed by atoms with Gasteiger partial charge in [0.15, 0.2) is 4.33 Å². The summed E-state index contributed by atoms with van der Waals surface area (Å²) in [7, 11) is 0. The zero-order chi connectivity index (χ0) is 26.3. The molecule has 4 nitrogen and oxygen atoms in total. The van der Waals surface area contributed by atoms with Crippen LogP contribution in [0.25, 0.3) is 0 Å². The van der Waals surface area contributed by atoms with E-state index in [1.165, 1.54) is 12.8 Å². The monoisotopic (exact) mass is 610 g/mol. The number of carbonyl (C=O) groups is 2. The number of hydrogen-bond acceptors (Lipinski definition) is 4. The van der Waals surface area contributed by atoms with Gasteiger partial charge in [-0.1, -0.05) is 124 Å². The van der Waals surface area contributed by atoms with Gasteiger partial charge in [-0.15, -0.1) is 23.2 Å². The van der Waals surface area contributed by atoms with E-state index >= 15 is 0 Å². The topological polar surface area (TPSA) is 52.6 Å². The first-order valence-electron chi connectivity index (χ1n) is 12.7. The van der Waals surface area contributed by atoms with Gasteiger partial charge in [-0.05, 0) is 12.8 Å². The number of alkyl halides is 4. The summed E-state index contributed by atoms with van der Waals surface area (Å²) in [6.07, 6.45) is 12.3. The number of allylic oxidation sites excluding steroid dienone is 2.